The van der Waals surface area contributed by atoms with Gasteiger partial charge in [-0.05, 0) is 95.2 Å². The molecular weight excluding hydrogens is 814 g/mol. The number of esters is 1. The maximum absolute atomic E-state index is 13.6. The Balaban J connectivity index is 0. The highest BCUT2D eigenvalue weighted by atomic mass is 35.5. The Morgan fingerprint density at radius 2 is 1.65 bits per heavy atom. The Kier molecular flexibility index (Phi) is 33.7. The Labute approximate surface area is 383 Å². The van der Waals surface area contributed by atoms with E-state index in [4.69, 9.17) is 21.1 Å². The lowest BCUT2D eigenvalue weighted by Crippen LogP contribution is -2.39. The molecule has 2 unspecified atom stereocenters. The van der Waals surface area contributed by atoms with Gasteiger partial charge in [0.1, 0.15) is 11.4 Å². The molecule has 13 heteroatoms. The molecule has 1 aliphatic heterocycles. The van der Waals surface area contributed by atoms with Crippen molar-refractivity contribution in [3.8, 4) is 12.8 Å². The van der Waals surface area contributed by atoms with Crippen LogP contribution in [-0.2, 0) is 20.7 Å². The molecule has 0 fully saturated rings. The van der Waals surface area contributed by atoms with Crippen molar-refractivity contribution in [3.63, 3.8) is 0 Å². The number of fused-ring (bicyclic) bond motifs is 2. The van der Waals surface area contributed by atoms with Crippen LogP contribution >= 0.6 is 11.6 Å². The molecule has 0 saturated carbocycles. The molecular formula is C50H74ClN7O5. The van der Waals surface area contributed by atoms with Crippen LogP contribution in [0.2, 0.25) is 0 Å². The van der Waals surface area contributed by atoms with Crippen LogP contribution in [0, 0.1) is 12.8 Å². The van der Waals surface area contributed by atoms with E-state index in [1.807, 2.05) is 84.9 Å². The van der Waals surface area contributed by atoms with E-state index in [0.29, 0.717) is 30.6 Å². The molecule has 0 radical (unpaired) electrons. The van der Waals surface area contributed by atoms with Crippen molar-refractivity contribution in [1.29, 1.82) is 0 Å². The molecule has 0 saturated heterocycles. The fraction of sp³-hybridized carbons (Fsp3) is 0.440. The summed E-state index contributed by atoms with van der Waals surface area (Å²) >= 11 is 5.32. The molecule has 1 aromatic carbocycles. The standard InChI is InChI=1S/C32H34N6O4.C4H7Cl.2C3H8.C3H6.C2H6.C2H2.CH3NO/c1-19(2)42-32(41)22-7-5-9-24-21(16-22)10-11-25(24)37-31(40)28-17-26(36-29-13-15-35-38(28)29)30(39)34-18-27-23-8-4-3-6-20(23)12-14-33-27;1-3-4(2)5;3*1-3-2;2*1-2;2-1-3/h3-6,8-9,13,15-17,19,25,27,33H,7,10-12,14,18H2,1-2H3,(H,34,39)(H,37,40);3H,1-2H3;2*3H2,1-2H3;3H,1H2,2H3;1-2H3;1-2H;1H,(H2,2,3)/b;4-3+;;;;;;. The van der Waals surface area contributed by atoms with Crippen molar-refractivity contribution in [2.24, 2.45) is 5.73 Å². The lowest BCUT2D eigenvalue weighted by molar-refractivity contribution is -0.142. The van der Waals surface area contributed by atoms with Gasteiger partial charge in [0.25, 0.3) is 11.8 Å². The van der Waals surface area contributed by atoms with Gasteiger partial charge >= 0.3 is 5.97 Å². The van der Waals surface area contributed by atoms with E-state index in [9.17, 15) is 14.4 Å². The minimum absolute atomic E-state index is 0.000344. The number of nitrogens with one attached hydrogen (secondary N) is 3. The first-order chi connectivity index (χ1) is 30.3. The Hall–Kier alpha value is -5.77. The van der Waals surface area contributed by atoms with E-state index >= 15 is 0 Å². The Morgan fingerprint density at radius 1 is 1.06 bits per heavy atom. The number of hydrogen-bond acceptors (Lipinski definition) is 8. The van der Waals surface area contributed by atoms with Crippen molar-refractivity contribution < 1.29 is 23.9 Å². The van der Waals surface area contributed by atoms with Crippen molar-refractivity contribution >= 4 is 41.4 Å². The number of halogens is 1. The number of amides is 3. The normalized spacial score (nSPS) is 15.2. The molecule has 6 rings (SSSR count). The number of carbonyl (C=O) groups is 4. The highest BCUT2D eigenvalue weighted by Gasteiger charge is 2.29. The summed E-state index contributed by atoms with van der Waals surface area (Å²) in [5, 5.41) is 14.7. The Bertz CT molecular complexity index is 1960. The number of nitrogens with zero attached hydrogens (tertiary/aromatic N) is 3. The summed E-state index contributed by atoms with van der Waals surface area (Å²) in [7, 11) is 0. The van der Waals surface area contributed by atoms with Gasteiger partial charge in [0.05, 0.1) is 18.3 Å². The highest BCUT2D eigenvalue weighted by Crippen LogP contribution is 2.32. The second-order valence-electron chi connectivity index (χ2n) is 13.9. The summed E-state index contributed by atoms with van der Waals surface area (Å²) in [4.78, 5) is 52.4. The highest BCUT2D eigenvalue weighted by molar-refractivity contribution is 6.29. The summed E-state index contributed by atoms with van der Waals surface area (Å²) < 4.78 is 6.83. The molecule has 12 nitrogen and oxygen atoms in total. The molecule has 3 amide bonds. The first kappa shape index (κ1) is 59.3. The van der Waals surface area contributed by atoms with Gasteiger partial charge in [-0.15, -0.1) is 19.4 Å². The maximum atomic E-state index is 13.6. The zero-order chi connectivity index (χ0) is 48.3. The van der Waals surface area contributed by atoms with Crippen LogP contribution in [0.25, 0.3) is 5.65 Å². The summed E-state index contributed by atoms with van der Waals surface area (Å²) in [5.74, 6) is -1.04. The molecule has 346 valence electrons. The van der Waals surface area contributed by atoms with Gasteiger partial charge in [0.2, 0.25) is 6.41 Å². The first-order valence-electron chi connectivity index (χ1n) is 21.7. The van der Waals surface area contributed by atoms with Gasteiger partial charge in [0.15, 0.2) is 5.65 Å². The lowest BCUT2D eigenvalue weighted by atomic mass is 9.94. The molecule has 0 bridgehead atoms. The molecule has 5 N–H and O–H groups in total. The summed E-state index contributed by atoms with van der Waals surface area (Å²) in [5.41, 5.74) is 10.00. The number of benzene rings is 1. The van der Waals surface area contributed by atoms with Gasteiger partial charge in [-0.3, -0.25) is 14.4 Å². The number of rotatable bonds is 7. The van der Waals surface area contributed by atoms with Crippen LogP contribution in [0.3, 0.4) is 0 Å². The summed E-state index contributed by atoms with van der Waals surface area (Å²) in [6.45, 7) is 26.4. The van der Waals surface area contributed by atoms with Gasteiger partial charge in [-0.25, -0.2) is 14.3 Å². The minimum atomic E-state index is -0.360. The number of aromatic nitrogens is 3. The third-order valence-corrected chi connectivity index (χ3v) is 8.47. The summed E-state index contributed by atoms with van der Waals surface area (Å²) in [6, 6.07) is 11.1. The molecule has 2 atom stereocenters. The number of allylic oxidation sites excluding steroid dienone is 6. The minimum Gasteiger partial charge on any atom is -0.460 e. The zero-order valence-corrected chi connectivity index (χ0v) is 40.4. The average molecular weight is 889 g/mol. The molecule has 2 aromatic heterocycles. The molecule has 2 aliphatic carbocycles. The van der Waals surface area contributed by atoms with Crippen LogP contribution < -0.4 is 21.7 Å². The predicted molar refractivity (Wildman–Crippen MR) is 261 cm³/mol. The van der Waals surface area contributed by atoms with Crippen LogP contribution in [-0.4, -0.2) is 64.0 Å². The number of carbonyl (C=O) groups excluding carboxylic acids is 4. The van der Waals surface area contributed by atoms with Gasteiger partial charge in [-0.1, -0.05) is 115 Å². The van der Waals surface area contributed by atoms with Crippen molar-refractivity contribution in [2.45, 2.75) is 133 Å². The van der Waals surface area contributed by atoms with Crippen LogP contribution in [0.15, 0.2) is 101 Å². The van der Waals surface area contributed by atoms with E-state index in [0.717, 1.165) is 35.6 Å². The number of nitrogens with two attached hydrogens (primary N) is 1. The Morgan fingerprint density at radius 3 is 2.22 bits per heavy atom. The quantitative estimate of drug-likeness (QED) is 0.0787. The van der Waals surface area contributed by atoms with E-state index < -0.39 is 0 Å². The predicted octanol–water partition coefficient (Wildman–Crippen LogP) is 9.92. The molecule has 0 spiro atoms. The van der Waals surface area contributed by atoms with Crippen molar-refractivity contribution in [2.75, 3.05) is 13.1 Å². The largest absolute Gasteiger partial charge is 0.460 e. The van der Waals surface area contributed by atoms with E-state index in [-0.39, 0.29) is 53.8 Å². The van der Waals surface area contributed by atoms with Crippen molar-refractivity contribution in [3.05, 3.63) is 124 Å². The van der Waals surface area contributed by atoms with Crippen molar-refractivity contribution in [1.82, 2.24) is 30.5 Å². The number of ether oxygens (including phenoxy) is 1. The number of primary amides is 1. The number of hydrogen-bond donors (Lipinski definition) is 4. The number of terminal acetylenes is 1. The maximum Gasteiger partial charge on any atom is 0.334 e. The summed E-state index contributed by atoms with van der Waals surface area (Å²) in [6.07, 6.45) is 24.4. The fourth-order valence-corrected chi connectivity index (χ4v) is 5.85. The van der Waals surface area contributed by atoms with E-state index in [1.165, 1.54) is 34.6 Å². The van der Waals surface area contributed by atoms with E-state index in [1.54, 1.807) is 18.3 Å². The monoisotopic (exact) mass is 888 g/mol. The molecule has 3 aliphatic rings. The molecule has 3 aromatic rings. The third-order valence-electron chi connectivity index (χ3n) is 8.25. The molecule has 63 heavy (non-hydrogen) atoms. The second kappa shape index (κ2) is 35.8. The average Bonchev–Trinajstić information content (AvgIpc) is 3.84. The zero-order valence-electron chi connectivity index (χ0n) is 39.6. The van der Waals surface area contributed by atoms with Gasteiger partial charge in [-0.2, -0.15) is 5.10 Å². The van der Waals surface area contributed by atoms with Crippen LogP contribution in [0.1, 0.15) is 146 Å². The first-order valence-corrected chi connectivity index (χ1v) is 22.1. The topological polar surface area (TPSA) is 170 Å². The SMILES string of the molecule is C#C.C/C=C(\C)Cl.C=CC.CC.CC(C)OC(=O)C1=CC2=C(C=CC1)C(NC(=O)c1cc(C(=O)NCC3NCCc4ccccc43)nc3ccnn13)CC2.CCC.CCC.NC=O. The lowest BCUT2D eigenvalue weighted by Gasteiger charge is -2.27. The van der Waals surface area contributed by atoms with E-state index in [2.05, 4.69) is 91.0 Å². The van der Waals surface area contributed by atoms with Gasteiger partial charge in [0, 0.05) is 35.3 Å². The molecule has 3 heterocycles. The smallest absolute Gasteiger partial charge is 0.334 e. The third kappa shape index (κ3) is 21.7. The fourth-order valence-electron chi connectivity index (χ4n) is 5.85. The van der Waals surface area contributed by atoms with Gasteiger partial charge < -0.3 is 26.4 Å². The second-order valence-corrected chi connectivity index (χ2v) is 14.5. The van der Waals surface area contributed by atoms with Crippen LogP contribution in [0.4, 0.5) is 0 Å². The van der Waals surface area contributed by atoms with Crippen LogP contribution in [0.5, 0.6) is 0 Å².